The molecular formula is C14H20ClNO2. The molecule has 0 aromatic heterocycles. The maximum Gasteiger partial charge on any atom is 0.227 e. The Balaban J connectivity index is 2.91. The Morgan fingerprint density at radius 1 is 1.39 bits per heavy atom. The number of benzene rings is 1. The van der Waals surface area contributed by atoms with Crippen LogP contribution >= 0.6 is 11.6 Å². The summed E-state index contributed by atoms with van der Waals surface area (Å²) in [5.74, 6) is 0.831. The molecule has 1 amide bonds. The highest BCUT2D eigenvalue weighted by atomic mass is 35.5. The second kappa shape index (κ2) is 5.61. The molecule has 0 bridgehead atoms. The van der Waals surface area contributed by atoms with E-state index in [1.807, 2.05) is 32.9 Å². The second-order valence-electron chi connectivity index (χ2n) is 5.37. The maximum atomic E-state index is 12.1. The quantitative estimate of drug-likeness (QED) is 0.842. The van der Waals surface area contributed by atoms with E-state index in [9.17, 15) is 4.79 Å². The van der Waals surface area contributed by atoms with Crippen molar-refractivity contribution in [3.05, 3.63) is 28.8 Å². The SMILES string of the molecule is COc1ccc(Cl)cc1CN(C)C(=O)C(C)(C)C. The molecule has 1 aromatic carbocycles. The highest BCUT2D eigenvalue weighted by Crippen LogP contribution is 2.25. The molecular weight excluding hydrogens is 250 g/mol. The molecule has 100 valence electrons. The third kappa shape index (κ3) is 3.64. The lowest BCUT2D eigenvalue weighted by molar-refractivity contribution is -0.138. The van der Waals surface area contributed by atoms with Crippen LogP contribution in [0.1, 0.15) is 26.3 Å². The minimum Gasteiger partial charge on any atom is -0.496 e. The van der Waals surface area contributed by atoms with E-state index in [0.717, 1.165) is 11.3 Å². The Morgan fingerprint density at radius 2 is 2.00 bits per heavy atom. The predicted octanol–water partition coefficient (Wildman–Crippen LogP) is 3.35. The normalized spacial score (nSPS) is 11.2. The van der Waals surface area contributed by atoms with Crippen molar-refractivity contribution >= 4 is 17.5 Å². The van der Waals surface area contributed by atoms with Gasteiger partial charge in [-0.15, -0.1) is 0 Å². The topological polar surface area (TPSA) is 29.5 Å². The molecule has 0 aliphatic rings. The van der Waals surface area contributed by atoms with Crippen molar-refractivity contribution in [1.29, 1.82) is 0 Å². The molecule has 3 nitrogen and oxygen atoms in total. The summed E-state index contributed by atoms with van der Waals surface area (Å²) in [6, 6.07) is 5.41. The average molecular weight is 270 g/mol. The van der Waals surface area contributed by atoms with Crippen molar-refractivity contribution in [3.63, 3.8) is 0 Å². The van der Waals surface area contributed by atoms with Crippen molar-refractivity contribution in [2.45, 2.75) is 27.3 Å². The summed E-state index contributed by atoms with van der Waals surface area (Å²) >= 11 is 5.97. The number of amides is 1. The Morgan fingerprint density at radius 3 is 2.50 bits per heavy atom. The molecule has 0 N–H and O–H groups in total. The monoisotopic (exact) mass is 269 g/mol. The molecule has 1 rings (SSSR count). The van der Waals surface area contributed by atoms with Crippen molar-refractivity contribution in [2.75, 3.05) is 14.2 Å². The number of hydrogen-bond acceptors (Lipinski definition) is 2. The summed E-state index contributed by atoms with van der Waals surface area (Å²) in [6.07, 6.45) is 0. The van der Waals surface area contributed by atoms with Crippen LogP contribution in [0.25, 0.3) is 0 Å². The highest BCUT2D eigenvalue weighted by Gasteiger charge is 2.25. The van der Waals surface area contributed by atoms with Crippen LogP contribution in [0.15, 0.2) is 18.2 Å². The molecule has 0 spiro atoms. The number of carbonyl (C=O) groups is 1. The molecule has 0 aliphatic carbocycles. The molecule has 0 radical (unpaired) electrons. The number of halogens is 1. The summed E-state index contributed by atoms with van der Waals surface area (Å²) in [5.41, 5.74) is 0.519. The van der Waals surface area contributed by atoms with E-state index >= 15 is 0 Å². The molecule has 4 heteroatoms. The van der Waals surface area contributed by atoms with Gasteiger partial charge in [0.1, 0.15) is 5.75 Å². The smallest absolute Gasteiger partial charge is 0.227 e. The van der Waals surface area contributed by atoms with Crippen LogP contribution < -0.4 is 4.74 Å². The van der Waals surface area contributed by atoms with Gasteiger partial charge < -0.3 is 9.64 Å². The van der Waals surface area contributed by atoms with Crippen LogP contribution in [0.4, 0.5) is 0 Å². The Bertz CT molecular complexity index is 438. The van der Waals surface area contributed by atoms with Gasteiger partial charge in [0.2, 0.25) is 5.91 Å². The zero-order chi connectivity index (χ0) is 13.9. The minimum atomic E-state index is -0.388. The minimum absolute atomic E-state index is 0.0875. The maximum absolute atomic E-state index is 12.1. The van der Waals surface area contributed by atoms with E-state index in [1.54, 1.807) is 25.1 Å². The summed E-state index contributed by atoms with van der Waals surface area (Å²) in [4.78, 5) is 13.8. The van der Waals surface area contributed by atoms with Gasteiger partial charge in [-0.2, -0.15) is 0 Å². The number of nitrogens with zero attached hydrogens (tertiary/aromatic N) is 1. The second-order valence-corrected chi connectivity index (χ2v) is 5.80. The molecule has 0 atom stereocenters. The molecule has 0 aliphatic heterocycles. The first kappa shape index (κ1) is 14.8. The van der Waals surface area contributed by atoms with E-state index in [2.05, 4.69) is 0 Å². The van der Waals surface area contributed by atoms with Gasteiger partial charge in [-0.25, -0.2) is 0 Å². The van der Waals surface area contributed by atoms with Crippen LogP contribution in [0.2, 0.25) is 5.02 Å². The fourth-order valence-corrected chi connectivity index (χ4v) is 1.97. The Hall–Kier alpha value is -1.22. The summed E-state index contributed by atoms with van der Waals surface area (Å²) in [7, 11) is 3.40. The Kier molecular flexibility index (Phi) is 4.63. The number of hydrogen-bond donors (Lipinski definition) is 0. The molecule has 0 saturated carbocycles. The van der Waals surface area contributed by atoms with Gasteiger partial charge in [-0.3, -0.25) is 4.79 Å². The van der Waals surface area contributed by atoms with Gasteiger partial charge in [0.25, 0.3) is 0 Å². The standard InChI is InChI=1S/C14H20ClNO2/c1-14(2,3)13(17)16(4)9-10-8-11(15)6-7-12(10)18-5/h6-8H,9H2,1-5H3. The summed E-state index contributed by atoms with van der Waals surface area (Å²) in [6.45, 7) is 6.20. The van der Waals surface area contributed by atoms with E-state index in [4.69, 9.17) is 16.3 Å². The highest BCUT2D eigenvalue weighted by molar-refractivity contribution is 6.30. The average Bonchev–Trinajstić information content (AvgIpc) is 2.27. The van der Waals surface area contributed by atoms with E-state index in [1.165, 1.54) is 0 Å². The molecule has 0 unspecified atom stereocenters. The fourth-order valence-electron chi connectivity index (χ4n) is 1.77. The van der Waals surface area contributed by atoms with Gasteiger partial charge in [0, 0.05) is 29.6 Å². The van der Waals surface area contributed by atoms with Crippen LogP contribution in [0, 0.1) is 5.41 Å². The third-order valence-corrected chi connectivity index (χ3v) is 2.87. The zero-order valence-electron chi connectivity index (χ0n) is 11.6. The van der Waals surface area contributed by atoms with Crippen molar-refractivity contribution in [1.82, 2.24) is 4.90 Å². The van der Waals surface area contributed by atoms with Gasteiger partial charge in [-0.1, -0.05) is 32.4 Å². The van der Waals surface area contributed by atoms with Crippen LogP contribution in [0.5, 0.6) is 5.75 Å². The lowest BCUT2D eigenvalue weighted by Gasteiger charge is -2.26. The van der Waals surface area contributed by atoms with Gasteiger partial charge in [0.05, 0.1) is 7.11 Å². The van der Waals surface area contributed by atoms with E-state index in [0.29, 0.717) is 11.6 Å². The first-order valence-corrected chi connectivity index (χ1v) is 6.21. The molecule has 1 aromatic rings. The molecule has 18 heavy (non-hydrogen) atoms. The fraction of sp³-hybridized carbons (Fsp3) is 0.500. The first-order chi connectivity index (χ1) is 8.25. The van der Waals surface area contributed by atoms with Crippen molar-refractivity contribution < 1.29 is 9.53 Å². The van der Waals surface area contributed by atoms with Crippen LogP contribution in [0.3, 0.4) is 0 Å². The number of rotatable bonds is 3. The Labute approximate surface area is 114 Å². The lowest BCUT2D eigenvalue weighted by Crippen LogP contribution is -2.36. The number of methoxy groups -OCH3 is 1. The van der Waals surface area contributed by atoms with Crippen molar-refractivity contribution in [2.24, 2.45) is 5.41 Å². The van der Waals surface area contributed by atoms with E-state index < -0.39 is 0 Å². The summed E-state index contributed by atoms with van der Waals surface area (Å²) in [5, 5.41) is 0.641. The van der Waals surface area contributed by atoms with Gasteiger partial charge >= 0.3 is 0 Å². The zero-order valence-corrected chi connectivity index (χ0v) is 12.3. The van der Waals surface area contributed by atoms with Crippen LogP contribution in [-0.4, -0.2) is 25.0 Å². The van der Waals surface area contributed by atoms with Crippen LogP contribution in [-0.2, 0) is 11.3 Å². The van der Waals surface area contributed by atoms with Gasteiger partial charge in [0.15, 0.2) is 0 Å². The summed E-state index contributed by atoms with van der Waals surface area (Å²) < 4.78 is 5.27. The first-order valence-electron chi connectivity index (χ1n) is 5.83. The lowest BCUT2D eigenvalue weighted by atomic mass is 9.95. The van der Waals surface area contributed by atoms with E-state index in [-0.39, 0.29) is 11.3 Å². The predicted molar refractivity (Wildman–Crippen MR) is 73.9 cm³/mol. The third-order valence-electron chi connectivity index (χ3n) is 2.64. The largest absolute Gasteiger partial charge is 0.496 e. The van der Waals surface area contributed by atoms with Crippen molar-refractivity contribution in [3.8, 4) is 5.75 Å². The molecule has 0 fully saturated rings. The molecule has 0 heterocycles. The number of carbonyl (C=O) groups excluding carboxylic acids is 1. The van der Waals surface area contributed by atoms with Gasteiger partial charge in [-0.05, 0) is 18.2 Å². The molecule has 0 saturated heterocycles. The number of ether oxygens (including phenoxy) is 1.